The minimum Gasteiger partial charge on any atom is -0.481 e. The van der Waals surface area contributed by atoms with Crippen molar-refractivity contribution in [3.63, 3.8) is 0 Å². The van der Waals surface area contributed by atoms with E-state index in [-0.39, 0.29) is 17.4 Å². The highest BCUT2D eigenvalue weighted by molar-refractivity contribution is 7.92. The third kappa shape index (κ3) is 8.43. The first-order valence-electron chi connectivity index (χ1n) is 11.0. The molecule has 0 aliphatic rings. The number of rotatable bonds is 14. The molecule has 1 aromatic carbocycles. The van der Waals surface area contributed by atoms with Gasteiger partial charge in [-0.15, -0.1) is 5.92 Å². The molecule has 0 saturated heterocycles. The average Bonchev–Trinajstić information content (AvgIpc) is 2.78. The topological polar surface area (TPSA) is 108 Å². The number of ether oxygens (including phenoxy) is 1. The molecular formula is C23H37N3O5S. The Hall–Kier alpha value is -2.12. The predicted octanol–water partition coefficient (Wildman–Crippen LogP) is 2.43. The number of carbonyl (C=O) groups excluding carboxylic acids is 1. The van der Waals surface area contributed by atoms with Crippen molar-refractivity contribution in [1.29, 1.82) is 0 Å². The Morgan fingerprint density at radius 3 is 2.31 bits per heavy atom. The zero-order chi connectivity index (χ0) is 24.1. The molecule has 180 valence electrons. The summed E-state index contributed by atoms with van der Waals surface area (Å²) in [6.45, 7) is 12.2. The van der Waals surface area contributed by atoms with Gasteiger partial charge in [-0.3, -0.25) is 15.3 Å². The fraction of sp³-hybridized carbons (Fsp3) is 0.609. The van der Waals surface area contributed by atoms with Crippen LogP contribution in [0.15, 0.2) is 29.2 Å². The summed E-state index contributed by atoms with van der Waals surface area (Å²) in [5.41, 5.74) is 1.64. The molecule has 0 spiro atoms. The Kier molecular flexibility index (Phi) is 12.3. The van der Waals surface area contributed by atoms with Gasteiger partial charge in [0.15, 0.2) is 9.84 Å². The Bertz CT molecular complexity index is 856. The molecule has 0 saturated carbocycles. The van der Waals surface area contributed by atoms with E-state index in [4.69, 9.17) is 9.94 Å². The van der Waals surface area contributed by atoms with Crippen LogP contribution in [0, 0.1) is 17.8 Å². The van der Waals surface area contributed by atoms with Crippen molar-refractivity contribution in [2.45, 2.75) is 63.8 Å². The maximum atomic E-state index is 13.5. The highest BCUT2D eigenvalue weighted by Gasteiger charge is 2.33. The molecule has 0 aliphatic heterocycles. The lowest BCUT2D eigenvalue weighted by Gasteiger charge is -2.28. The van der Waals surface area contributed by atoms with Crippen LogP contribution in [0.2, 0.25) is 0 Å². The SMILES string of the molecule is CC#CCOc1ccc(S(=O)(=O)C(CCCN(CC)CC)NC(C(=O)NO)C(C)C)cc1. The highest BCUT2D eigenvalue weighted by atomic mass is 32.2. The van der Waals surface area contributed by atoms with Crippen molar-refractivity contribution < 1.29 is 23.2 Å². The first-order chi connectivity index (χ1) is 15.2. The minimum absolute atomic E-state index is 0.138. The Morgan fingerprint density at radius 1 is 1.19 bits per heavy atom. The lowest BCUT2D eigenvalue weighted by Crippen LogP contribution is -2.52. The molecule has 9 heteroatoms. The highest BCUT2D eigenvalue weighted by Crippen LogP contribution is 2.22. The van der Waals surface area contributed by atoms with Crippen LogP contribution in [-0.2, 0) is 14.6 Å². The summed E-state index contributed by atoms with van der Waals surface area (Å²) in [5.74, 6) is 5.16. The van der Waals surface area contributed by atoms with Gasteiger partial charge in [-0.2, -0.15) is 0 Å². The molecule has 0 aromatic heterocycles. The van der Waals surface area contributed by atoms with E-state index in [0.717, 1.165) is 19.6 Å². The van der Waals surface area contributed by atoms with Gasteiger partial charge in [-0.05, 0) is 69.6 Å². The van der Waals surface area contributed by atoms with Gasteiger partial charge in [-0.25, -0.2) is 13.9 Å². The van der Waals surface area contributed by atoms with E-state index in [2.05, 4.69) is 35.9 Å². The van der Waals surface area contributed by atoms with Gasteiger partial charge in [0.25, 0.3) is 5.91 Å². The van der Waals surface area contributed by atoms with Gasteiger partial charge < -0.3 is 9.64 Å². The number of sulfone groups is 1. The fourth-order valence-corrected chi connectivity index (χ4v) is 4.94. The predicted molar refractivity (Wildman–Crippen MR) is 125 cm³/mol. The number of hydrogen-bond donors (Lipinski definition) is 3. The minimum atomic E-state index is -3.80. The van der Waals surface area contributed by atoms with Crippen LogP contribution in [0.4, 0.5) is 0 Å². The molecule has 0 radical (unpaired) electrons. The van der Waals surface area contributed by atoms with Crippen molar-refractivity contribution in [3.05, 3.63) is 24.3 Å². The Morgan fingerprint density at radius 2 is 1.81 bits per heavy atom. The van der Waals surface area contributed by atoms with E-state index in [1.165, 1.54) is 12.1 Å². The number of nitrogens with zero attached hydrogens (tertiary/aromatic N) is 1. The molecule has 0 aliphatic carbocycles. The second-order valence-electron chi connectivity index (χ2n) is 7.75. The smallest absolute Gasteiger partial charge is 0.260 e. The summed E-state index contributed by atoms with van der Waals surface area (Å²) in [5, 5.41) is 11.1. The summed E-state index contributed by atoms with van der Waals surface area (Å²) in [4.78, 5) is 14.5. The third-order valence-electron chi connectivity index (χ3n) is 5.27. The van der Waals surface area contributed by atoms with Gasteiger partial charge >= 0.3 is 0 Å². The van der Waals surface area contributed by atoms with Gasteiger partial charge in [0.05, 0.1) is 10.9 Å². The standard InChI is InChI=1S/C23H37N3O5S/c1-6-9-17-31-19-12-14-20(15-13-19)32(29,30)21(11-10-16-26(7-2)8-3)24-22(18(4)5)23(27)25-28/h12-15,18,21-22,24,28H,7-8,10-11,16-17H2,1-5H3,(H,25,27). The molecule has 2 atom stereocenters. The van der Waals surface area contributed by atoms with Crippen molar-refractivity contribution in [1.82, 2.24) is 15.7 Å². The van der Waals surface area contributed by atoms with E-state index < -0.39 is 27.2 Å². The maximum absolute atomic E-state index is 13.5. The first-order valence-corrected chi connectivity index (χ1v) is 12.5. The maximum Gasteiger partial charge on any atom is 0.260 e. The summed E-state index contributed by atoms with van der Waals surface area (Å²) in [6.07, 6.45) is 0.964. The molecule has 0 bridgehead atoms. The van der Waals surface area contributed by atoms with Gasteiger partial charge in [-0.1, -0.05) is 33.6 Å². The number of benzene rings is 1. The van der Waals surface area contributed by atoms with Crippen molar-refractivity contribution >= 4 is 15.7 Å². The Labute approximate surface area is 192 Å². The van der Waals surface area contributed by atoms with Crippen LogP contribution in [0.5, 0.6) is 5.75 Å². The molecule has 1 rings (SSSR count). The number of nitrogens with one attached hydrogen (secondary N) is 2. The zero-order valence-corrected chi connectivity index (χ0v) is 20.5. The number of hydroxylamine groups is 1. The molecule has 8 nitrogen and oxygen atoms in total. The number of carbonyl (C=O) groups is 1. The quantitative estimate of drug-likeness (QED) is 0.219. The van der Waals surface area contributed by atoms with Crippen LogP contribution < -0.4 is 15.5 Å². The van der Waals surface area contributed by atoms with Crippen molar-refractivity contribution in [2.75, 3.05) is 26.2 Å². The van der Waals surface area contributed by atoms with E-state index in [1.54, 1.807) is 38.4 Å². The Balaban J connectivity index is 3.13. The van der Waals surface area contributed by atoms with Gasteiger partial charge in [0.2, 0.25) is 0 Å². The van der Waals surface area contributed by atoms with E-state index in [0.29, 0.717) is 18.6 Å². The molecule has 3 N–H and O–H groups in total. The molecule has 1 aromatic rings. The lowest BCUT2D eigenvalue weighted by molar-refractivity contribution is -0.132. The average molecular weight is 468 g/mol. The van der Waals surface area contributed by atoms with Crippen LogP contribution in [0.1, 0.15) is 47.5 Å². The fourth-order valence-electron chi connectivity index (χ4n) is 3.29. The van der Waals surface area contributed by atoms with Crippen molar-refractivity contribution in [2.24, 2.45) is 5.92 Å². The second-order valence-corrected chi connectivity index (χ2v) is 9.88. The first kappa shape index (κ1) is 27.9. The van der Waals surface area contributed by atoms with Gasteiger partial charge in [0.1, 0.15) is 17.7 Å². The molecule has 32 heavy (non-hydrogen) atoms. The van der Waals surface area contributed by atoms with Crippen LogP contribution in [-0.4, -0.2) is 62.1 Å². The molecule has 0 fully saturated rings. The number of amides is 1. The molecular weight excluding hydrogens is 430 g/mol. The molecule has 2 unspecified atom stereocenters. The van der Waals surface area contributed by atoms with Gasteiger partial charge in [0, 0.05) is 0 Å². The van der Waals surface area contributed by atoms with Crippen LogP contribution in [0.25, 0.3) is 0 Å². The normalized spacial score (nSPS) is 13.4. The van der Waals surface area contributed by atoms with E-state index in [1.807, 2.05) is 0 Å². The summed E-state index contributed by atoms with van der Waals surface area (Å²) in [6, 6.07) is 5.33. The largest absolute Gasteiger partial charge is 0.481 e. The summed E-state index contributed by atoms with van der Waals surface area (Å²) < 4.78 is 32.4. The molecule has 0 heterocycles. The zero-order valence-electron chi connectivity index (χ0n) is 19.7. The molecule has 1 amide bonds. The lowest BCUT2D eigenvalue weighted by atomic mass is 10.0. The summed E-state index contributed by atoms with van der Waals surface area (Å²) >= 11 is 0. The monoisotopic (exact) mass is 467 g/mol. The van der Waals surface area contributed by atoms with E-state index >= 15 is 0 Å². The van der Waals surface area contributed by atoms with E-state index in [9.17, 15) is 13.2 Å². The van der Waals surface area contributed by atoms with Crippen LogP contribution >= 0.6 is 0 Å². The summed E-state index contributed by atoms with van der Waals surface area (Å²) in [7, 11) is -3.80. The second kappa shape index (κ2) is 14.1. The number of hydrogen-bond acceptors (Lipinski definition) is 7. The van der Waals surface area contributed by atoms with Crippen molar-refractivity contribution in [3.8, 4) is 17.6 Å². The third-order valence-corrected chi connectivity index (χ3v) is 7.32. The van der Waals surface area contributed by atoms with Crippen LogP contribution in [0.3, 0.4) is 0 Å².